The van der Waals surface area contributed by atoms with Crippen molar-refractivity contribution in [2.45, 2.75) is 13.0 Å². The Hall–Kier alpha value is -2.76. The Morgan fingerprint density at radius 1 is 1.24 bits per heavy atom. The maximum atomic E-state index is 12.4. The molecule has 2 amide bonds. The highest BCUT2D eigenvalue weighted by molar-refractivity contribution is 5.94. The molecule has 0 bridgehead atoms. The summed E-state index contributed by atoms with van der Waals surface area (Å²) in [7, 11) is 0. The third kappa shape index (κ3) is 2.60. The van der Waals surface area contributed by atoms with Crippen LogP contribution in [0.5, 0.6) is 0 Å². The van der Waals surface area contributed by atoms with E-state index in [0.29, 0.717) is 30.8 Å². The molecule has 1 aliphatic rings. The van der Waals surface area contributed by atoms with Crippen molar-refractivity contribution in [3.63, 3.8) is 0 Å². The Morgan fingerprint density at radius 3 is 2.71 bits per heavy atom. The second-order valence-electron chi connectivity index (χ2n) is 4.79. The molecule has 0 aliphatic carbocycles. The predicted molar refractivity (Wildman–Crippen MR) is 74.3 cm³/mol. The van der Waals surface area contributed by atoms with Gasteiger partial charge in [0.25, 0.3) is 11.8 Å². The zero-order valence-corrected chi connectivity index (χ0v) is 11.2. The van der Waals surface area contributed by atoms with Crippen LogP contribution in [0.25, 0.3) is 0 Å². The minimum absolute atomic E-state index is 0.0551. The first kappa shape index (κ1) is 13.2. The van der Waals surface area contributed by atoms with Crippen LogP contribution in [0.3, 0.4) is 0 Å². The fourth-order valence-electron chi connectivity index (χ4n) is 2.29. The van der Waals surface area contributed by atoms with E-state index in [-0.39, 0.29) is 11.7 Å². The summed E-state index contributed by atoms with van der Waals surface area (Å²) in [4.78, 5) is 33.2. The summed E-state index contributed by atoms with van der Waals surface area (Å²) in [6.07, 6.45) is 3.40. The number of primary amides is 1. The second kappa shape index (κ2) is 5.32. The van der Waals surface area contributed by atoms with E-state index in [1.807, 2.05) is 18.2 Å². The zero-order chi connectivity index (χ0) is 14.8. The topological polar surface area (TPSA) is 89.2 Å². The van der Waals surface area contributed by atoms with Crippen molar-refractivity contribution in [2.75, 3.05) is 6.54 Å². The van der Waals surface area contributed by atoms with E-state index in [2.05, 4.69) is 16.2 Å². The van der Waals surface area contributed by atoms with E-state index < -0.39 is 5.91 Å². The molecule has 0 unspecified atom stereocenters. The first-order valence-corrected chi connectivity index (χ1v) is 6.57. The Morgan fingerprint density at radius 2 is 2.00 bits per heavy atom. The molecule has 0 atom stereocenters. The Kier molecular flexibility index (Phi) is 3.35. The van der Waals surface area contributed by atoms with Crippen molar-refractivity contribution in [3.05, 3.63) is 59.2 Å². The molecule has 1 aromatic heterocycles. The Balaban J connectivity index is 1.85. The van der Waals surface area contributed by atoms with E-state index in [1.165, 1.54) is 0 Å². The summed E-state index contributed by atoms with van der Waals surface area (Å²) in [6.45, 7) is 0.916. The van der Waals surface area contributed by atoms with Crippen LogP contribution < -0.4 is 5.73 Å². The minimum atomic E-state index is -0.694. The quantitative estimate of drug-likeness (QED) is 0.871. The van der Waals surface area contributed by atoms with Gasteiger partial charge >= 0.3 is 0 Å². The molecule has 1 aromatic carbocycles. The molecule has 2 N–H and O–H groups in total. The third-order valence-corrected chi connectivity index (χ3v) is 3.39. The highest BCUT2D eigenvalue weighted by Crippen LogP contribution is 2.18. The molecule has 6 nitrogen and oxygen atoms in total. The molecule has 2 heterocycles. The smallest absolute Gasteiger partial charge is 0.286 e. The van der Waals surface area contributed by atoms with E-state index in [1.54, 1.807) is 17.0 Å². The fraction of sp³-hybridized carbons (Fsp3) is 0.200. The first-order chi connectivity index (χ1) is 10.1. The number of benzene rings is 1. The van der Waals surface area contributed by atoms with Crippen LogP contribution in [-0.4, -0.2) is 33.2 Å². The molecule has 0 saturated heterocycles. The largest absolute Gasteiger partial charge is 0.363 e. The standard InChI is InChI=1S/C15H13N4O2/c16-13(20)14-17-8-11-6-7-19(9-12(11)18-14)15(21)10-4-2-1-3-5-10/h1-5H,6-7,9H2,(H2,16,20). The van der Waals surface area contributed by atoms with Crippen LogP contribution in [-0.2, 0) is 13.0 Å². The van der Waals surface area contributed by atoms with Gasteiger partial charge in [0.15, 0.2) is 0 Å². The van der Waals surface area contributed by atoms with E-state index in [4.69, 9.17) is 5.73 Å². The normalized spacial score (nSPS) is 13.6. The lowest BCUT2D eigenvalue weighted by Crippen LogP contribution is -2.37. The number of carbonyl (C=O) groups is 2. The lowest BCUT2D eigenvalue weighted by molar-refractivity contribution is 0.0731. The lowest BCUT2D eigenvalue weighted by atomic mass is 10.1. The molecule has 1 radical (unpaired) electrons. The molecule has 21 heavy (non-hydrogen) atoms. The second-order valence-corrected chi connectivity index (χ2v) is 4.79. The number of hydrogen-bond acceptors (Lipinski definition) is 4. The van der Waals surface area contributed by atoms with Gasteiger partial charge in [0.2, 0.25) is 5.82 Å². The van der Waals surface area contributed by atoms with Gasteiger partial charge in [0.1, 0.15) is 0 Å². The van der Waals surface area contributed by atoms with Gasteiger partial charge in [-0.15, -0.1) is 0 Å². The van der Waals surface area contributed by atoms with Gasteiger partial charge in [-0.1, -0.05) is 18.2 Å². The van der Waals surface area contributed by atoms with Gasteiger partial charge in [-0.3, -0.25) is 9.59 Å². The molecule has 2 aromatic rings. The lowest BCUT2D eigenvalue weighted by Gasteiger charge is -2.27. The molecule has 105 valence electrons. The van der Waals surface area contributed by atoms with Crippen molar-refractivity contribution < 1.29 is 9.59 Å². The Bertz CT molecular complexity index is 700. The van der Waals surface area contributed by atoms with Crippen LogP contribution in [0.2, 0.25) is 0 Å². The molecule has 6 heteroatoms. The summed E-state index contributed by atoms with van der Waals surface area (Å²) in [5.74, 6) is -0.816. The highest BCUT2D eigenvalue weighted by Gasteiger charge is 2.24. The van der Waals surface area contributed by atoms with Crippen molar-refractivity contribution in [3.8, 4) is 0 Å². The number of aromatic nitrogens is 2. The molecule has 1 aliphatic heterocycles. The first-order valence-electron chi connectivity index (χ1n) is 6.57. The highest BCUT2D eigenvalue weighted by atomic mass is 16.2. The van der Waals surface area contributed by atoms with Crippen LogP contribution in [0.4, 0.5) is 0 Å². The van der Waals surface area contributed by atoms with Gasteiger partial charge in [0.05, 0.1) is 18.4 Å². The number of nitrogens with zero attached hydrogens (tertiary/aromatic N) is 3. The molecular weight excluding hydrogens is 268 g/mol. The predicted octanol–water partition coefficient (Wildman–Crippen LogP) is 0.574. The van der Waals surface area contributed by atoms with Crippen molar-refractivity contribution in [2.24, 2.45) is 5.73 Å². The van der Waals surface area contributed by atoms with Crippen LogP contribution in [0.15, 0.2) is 30.3 Å². The summed E-state index contributed by atoms with van der Waals surface area (Å²) in [5, 5.41) is 0. The van der Waals surface area contributed by atoms with E-state index >= 15 is 0 Å². The number of hydrogen-bond donors (Lipinski definition) is 1. The molecule has 3 rings (SSSR count). The SMILES string of the molecule is NC(=O)c1n[c]c2c(n1)CN(C(=O)c1ccccc1)CC2. The average molecular weight is 281 g/mol. The van der Waals surface area contributed by atoms with Gasteiger partial charge < -0.3 is 10.6 Å². The van der Waals surface area contributed by atoms with Gasteiger partial charge in [-0.05, 0) is 18.6 Å². The minimum Gasteiger partial charge on any atom is -0.363 e. The zero-order valence-electron chi connectivity index (χ0n) is 11.2. The molecule has 0 fully saturated rings. The molecular formula is C15H13N4O2. The fourth-order valence-corrected chi connectivity index (χ4v) is 2.29. The van der Waals surface area contributed by atoms with Gasteiger partial charge in [0, 0.05) is 17.7 Å². The summed E-state index contributed by atoms with van der Waals surface area (Å²) in [5.41, 5.74) is 7.27. The number of fused-ring (bicyclic) bond motifs is 1. The molecule has 0 saturated carbocycles. The third-order valence-electron chi connectivity index (χ3n) is 3.39. The van der Waals surface area contributed by atoms with Gasteiger partial charge in [-0.25, -0.2) is 9.97 Å². The number of carbonyl (C=O) groups excluding carboxylic acids is 2. The van der Waals surface area contributed by atoms with E-state index in [0.717, 1.165) is 5.56 Å². The van der Waals surface area contributed by atoms with Crippen LogP contribution in [0, 0.1) is 6.20 Å². The van der Waals surface area contributed by atoms with Crippen LogP contribution >= 0.6 is 0 Å². The van der Waals surface area contributed by atoms with Crippen molar-refractivity contribution in [1.82, 2.24) is 14.9 Å². The number of amides is 2. The molecule has 0 spiro atoms. The van der Waals surface area contributed by atoms with Crippen molar-refractivity contribution in [1.29, 1.82) is 0 Å². The maximum Gasteiger partial charge on any atom is 0.286 e. The van der Waals surface area contributed by atoms with Crippen molar-refractivity contribution >= 4 is 11.8 Å². The van der Waals surface area contributed by atoms with E-state index in [9.17, 15) is 9.59 Å². The summed E-state index contributed by atoms with van der Waals surface area (Å²) < 4.78 is 0. The summed E-state index contributed by atoms with van der Waals surface area (Å²) >= 11 is 0. The Labute approximate surface area is 121 Å². The van der Waals surface area contributed by atoms with Crippen LogP contribution in [0.1, 0.15) is 32.2 Å². The summed E-state index contributed by atoms with van der Waals surface area (Å²) in [6, 6.07) is 9.07. The number of nitrogens with two attached hydrogens (primary N) is 1. The number of rotatable bonds is 2. The average Bonchev–Trinajstić information content (AvgIpc) is 2.54. The monoisotopic (exact) mass is 281 g/mol. The maximum absolute atomic E-state index is 12.4. The van der Waals surface area contributed by atoms with Gasteiger partial charge in [-0.2, -0.15) is 0 Å².